The van der Waals surface area contributed by atoms with Crippen molar-refractivity contribution in [3.05, 3.63) is 223 Å². The van der Waals surface area contributed by atoms with Crippen LogP contribution >= 0.6 is 15.8 Å². The number of rotatable bonds is 14. The average molecular weight is 697 g/mol. The van der Waals surface area contributed by atoms with E-state index in [0.29, 0.717) is 6.54 Å². The molecule has 7 aromatic rings. The Kier molecular flexibility index (Phi) is 12.0. The Morgan fingerprint density at radius 3 is 1.37 bits per heavy atom. The van der Waals surface area contributed by atoms with Crippen LogP contribution in [0.1, 0.15) is 28.8 Å². The molecule has 51 heavy (non-hydrogen) atoms. The largest absolute Gasteiger partial charge is 0.304 e. The van der Waals surface area contributed by atoms with Crippen LogP contribution in [0.25, 0.3) is 0 Å². The zero-order valence-electron chi connectivity index (χ0n) is 28.6. The highest BCUT2D eigenvalue weighted by Crippen LogP contribution is 2.37. The van der Waals surface area contributed by atoms with Crippen molar-refractivity contribution in [1.29, 1.82) is 0 Å². The molecule has 0 aromatic heterocycles. The third-order valence-electron chi connectivity index (χ3n) is 9.06. The second kappa shape index (κ2) is 17.8. The molecule has 0 fully saturated rings. The van der Waals surface area contributed by atoms with E-state index in [9.17, 15) is 0 Å². The predicted octanol–water partition coefficient (Wildman–Crippen LogP) is 9.22. The minimum Gasteiger partial charge on any atom is -0.304 e. The normalized spacial score (nSPS) is 12.7. The van der Waals surface area contributed by atoms with Gasteiger partial charge in [-0.25, -0.2) is 0 Å². The molecule has 7 aromatic carbocycles. The van der Waals surface area contributed by atoms with Crippen LogP contribution in [-0.4, -0.2) is 12.4 Å². The molecule has 0 bridgehead atoms. The standard InChI is InChI=1S/C47H42N2P2/c1-7-21-38(22-8-1)46(48-35-36-50(41-26-11-3-12-27-41)42-28-13-4-14-29-42)47(39-23-9-2-10-24-39)49-37-40-25-19-20-34-45(40)51(43-30-15-5-16-31-43)44-32-17-6-18-33-44/h1-35,46-47,49H,36-37H2/b48-35+/t46?,47-/m0/s1. The molecule has 0 saturated carbocycles. The zero-order chi connectivity index (χ0) is 34.5. The molecule has 2 nitrogen and oxygen atoms in total. The van der Waals surface area contributed by atoms with Gasteiger partial charge >= 0.3 is 0 Å². The molecular weight excluding hydrogens is 654 g/mol. The number of hydrogen-bond acceptors (Lipinski definition) is 2. The minimum absolute atomic E-state index is 0.0442. The summed E-state index contributed by atoms with van der Waals surface area (Å²) >= 11 is 0. The van der Waals surface area contributed by atoms with Crippen LogP contribution in [-0.2, 0) is 6.54 Å². The molecule has 0 radical (unpaired) electrons. The number of hydrogen-bond donors (Lipinski definition) is 1. The molecule has 0 saturated heterocycles. The summed E-state index contributed by atoms with van der Waals surface area (Å²) in [6.07, 6.45) is 3.06. The van der Waals surface area contributed by atoms with Crippen LogP contribution < -0.4 is 31.8 Å². The first kappa shape index (κ1) is 34.5. The van der Waals surface area contributed by atoms with Gasteiger partial charge in [0.1, 0.15) is 0 Å². The van der Waals surface area contributed by atoms with E-state index in [4.69, 9.17) is 4.99 Å². The van der Waals surface area contributed by atoms with E-state index in [2.05, 4.69) is 218 Å². The van der Waals surface area contributed by atoms with Gasteiger partial charge in [0.2, 0.25) is 0 Å². The van der Waals surface area contributed by atoms with E-state index in [1.807, 2.05) is 0 Å². The van der Waals surface area contributed by atoms with Crippen LogP contribution in [0.5, 0.6) is 0 Å². The first-order chi connectivity index (χ1) is 25.3. The second-order valence-corrected chi connectivity index (χ2v) is 16.8. The molecule has 7 rings (SSSR count). The molecule has 0 aliphatic heterocycles. The quantitative estimate of drug-likeness (QED) is 0.0890. The Hall–Kier alpha value is -4.97. The van der Waals surface area contributed by atoms with Crippen molar-refractivity contribution in [1.82, 2.24) is 5.32 Å². The van der Waals surface area contributed by atoms with Crippen molar-refractivity contribution in [2.24, 2.45) is 4.99 Å². The van der Waals surface area contributed by atoms with E-state index < -0.39 is 15.8 Å². The van der Waals surface area contributed by atoms with Crippen LogP contribution in [0, 0.1) is 0 Å². The maximum Gasteiger partial charge on any atom is 0.0939 e. The van der Waals surface area contributed by atoms with Crippen molar-refractivity contribution >= 4 is 48.6 Å². The highest BCUT2D eigenvalue weighted by Gasteiger charge is 2.26. The van der Waals surface area contributed by atoms with E-state index in [-0.39, 0.29) is 12.1 Å². The Balaban J connectivity index is 1.24. The lowest BCUT2D eigenvalue weighted by molar-refractivity contribution is 0.455. The molecular formula is C47H42N2P2. The molecule has 0 amide bonds. The molecule has 0 aliphatic rings. The second-order valence-electron chi connectivity index (χ2n) is 12.4. The van der Waals surface area contributed by atoms with E-state index >= 15 is 0 Å². The van der Waals surface area contributed by atoms with Crippen LogP contribution in [0.3, 0.4) is 0 Å². The Morgan fingerprint density at radius 2 is 0.863 bits per heavy atom. The fourth-order valence-electron chi connectivity index (χ4n) is 6.58. The molecule has 1 unspecified atom stereocenters. The number of nitrogens with zero attached hydrogens (tertiary/aromatic N) is 1. The Morgan fingerprint density at radius 1 is 0.451 bits per heavy atom. The van der Waals surface area contributed by atoms with E-state index in [1.54, 1.807) is 0 Å². The highest BCUT2D eigenvalue weighted by molar-refractivity contribution is 7.80. The van der Waals surface area contributed by atoms with Crippen molar-refractivity contribution in [3.63, 3.8) is 0 Å². The molecule has 0 spiro atoms. The van der Waals surface area contributed by atoms with Gasteiger partial charge in [-0.15, -0.1) is 0 Å². The number of aliphatic imine (C=N–C) groups is 1. The predicted molar refractivity (Wildman–Crippen MR) is 223 cm³/mol. The van der Waals surface area contributed by atoms with Gasteiger partial charge in [0.25, 0.3) is 0 Å². The van der Waals surface area contributed by atoms with Crippen molar-refractivity contribution in [2.75, 3.05) is 6.16 Å². The van der Waals surface area contributed by atoms with Gasteiger partial charge < -0.3 is 5.32 Å². The third-order valence-corrected chi connectivity index (χ3v) is 14.0. The lowest BCUT2D eigenvalue weighted by Crippen LogP contribution is -2.30. The van der Waals surface area contributed by atoms with E-state index in [1.165, 1.54) is 43.2 Å². The van der Waals surface area contributed by atoms with Crippen molar-refractivity contribution in [3.8, 4) is 0 Å². The molecule has 0 heterocycles. The van der Waals surface area contributed by atoms with E-state index in [0.717, 1.165) is 6.16 Å². The summed E-state index contributed by atoms with van der Waals surface area (Å²) in [6, 6.07) is 74.1. The summed E-state index contributed by atoms with van der Waals surface area (Å²) in [6.45, 7) is 0.716. The van der Waals surface area contributed by atoms with Gasteiger partial charge in [-0.2, -0.15) is 0 Å². The number of nitrogens with one attached hydrogen (secondary N) is 1. The first-order valence-electron chi connectivity index (χ1n) is 17.6. The average Bonchev–Trinajstić information content (AvgIpc) is 3.21. The van der Waals surface area contributed by atoms with Gasteiger partial charge in [0.15, 0.2) is 0 Å². The van der Waals surface area contributed by atoms with Crippen LogP contribution in [0.15, 0.2) is 211 Å². The molecule has 1 N–H and O–H groups in total. The molecule has 2 atom stereocenters. The smallest absolute Gasteiger partial charge is 0.0939 e. The maximum atomic E-state index is 5.46. The highest BCUT2D eigenvalue weighted by atomic mass is 31.1. The van der Waals surface area contributed by atoms with Crippen molar-refractivity contribution in [2.45, 2.75) is 18.6 Å². The first-order valence-corrected chi connectivity index (χ1v) is 20.4. The van der Waals surface area contributed by atoms with Crippen molar-refractivity contribution < 1.29 is 0 Å². The van der Waals surface area contributed by atoms with Gasteiger partial charge in [-0.05, 0) is 59.1 Å². The SMILES string of the molecule is C(/CP(c1ccccc1)c1ccccc1)=N\C(c1ccccc1)[C@@H](NCc1ccccc1P(c1ccccc1)c1ccccc1)c1ccccc1. The molecule has 4 heteroatoms. The lowest BCUT2D eigenvalue weighted by Gasteiger charge is -2.28. The van der Waals surface area contributed by atoms with Gasteiger partial charge in [0.05, 0.1) is 12.1 Å². The summed E-state index contributed by atoms with van der Waals surface area (Å²) in [5.74, 6) is 0. The van der Waals surface area contributed by atoms with Gasteiger partial charge in [0, 0.05) is 18.9 Å². The summed E-state index contributed by atoms with van der Waals surface area (Å²) < 4.78 is 0. The topological polar surface area (TPSA) is 24.4 Å². The summed E-state index contributed by atoms with van der Waals surface area (Å²) in [5.41, 5.74) is 3.73. The summed E-state index contributed by atoms with van der Waals surface area (Å²) in [7, 11) is -1.33. The fourth-order valence-corrected chi connectivity index (χ4v) is 11.1. The zero-order valence-corrected chi connectivity index (χ0v) is 30.4. The molecule has 250 valence electrons. The third kappa shape index (κ3) is 8.86. The Labute approximate surface area is 305 Å². The summed E-state index contributed by atoms with van der Waals surface area (Å²) in [5, 5.41) is 10.9. The summed E-state index contributed by atoms with van der Waals surface area (Å²) in [4.78, 5) is 5.46. The Bertz CT molecular complexity index is 2000. The minimum atomic E-state index is -0.740. The van der Waals surface area contributed by atoms with Gasteiger partial charge in [-0.1, -0.05) is 206 Å². The van der Waals surface area contributed by atoms with Gasteiger partial charge in [-0.3, -0.25) is 4.99 Å². The maximum absolute atomic E-state index is 5.46. The fraction of sp³-hybridized carbons (Fsp3) is 0.0851. The van der Waals surface area contributed by atoms with Crippen LogP contribution in [0.2, 0.25) is 0 Å². The monoisotopic (exact) mass is 696 g/mol. The van der Waals surface area contributed by atoms with Crippen LogP contribution in [0.4, 0.5) is 0 Å². The lowest BCUT2D eigenvalue weighted by atomic mass is 9.93. The number of benzene rings is 7. The molecule has 0 aliphatic carbocycles.